The minimum Gasteiger partial charge on any atom is -0.466 e. The Morgan fingerprint density at radius 3 is 0.959 bits per heavy atom. The summed E-state index contributed by atoms with van der Waals surface area (Å²) >= 11 is 0. The average Bonchev–Trinajstić information content (AvgIpc) is 3.40. The number of hydrogen-bond donors (Lipinski definition) is 3. The van der Waals surface area contributed by atoms with Gasteiger partial charge in [0, 0.05) is 12.8 Å². The second-order valence-electron chi connectivity index (χ2n) is 23.5. The number of carbonyl (C=O) groups is 2. The molecular formula is C68H133NO5. The number of amides is 1. The highest BCUT2D eigenvalue weighted by molar-refractivity contribution is 5.76. The molecule has 0 rings (SSSR count). The Bertz CT molecular complexity index is 1110. The molecule has 0 spiro atoms. The summed E-state index contributed by atoms with van der Waals surface area (Å²) in [6.45, 7) is 4.98. The van der Waals surface area contributed by atoms with Gasteiger partial charge in [0.25, 0.3) is 0 Å². The van der Waals surface area contributed by atoms with Crippen LogP contribution >= 0.6 is 0 Å². The van der Waals surface area contributed by atoms with Crippen LogP contribution in [0.15, 0.2) is 12.2 Å². The molecule has 0 aliphatic rings. The van der Waals surface area contributed by atoms with Crippen LogP contribution in [0.1, 0.15) is 386 Å². The van der Waals surface area contributed by atoms with Gasteiger partial charge in [0.1, 0.15) is 0 Å². The molecule has 440 valence electrons. The molecule has 0 aromatic rings. The van der Waals surface area contributed by atoms with E-state index in [2.05, 4.69) is 31.3 Å². The maximum atomic E-state index is 12.5. The zero-order chi connectivity index (χ0) is 53.6. The molecule has 0 saturated carbocycles. The van der Waals surface area contributed by atoms with Crippen LogP contribution in [0.3, 0.4) is 0 Å². The maximum Gasteiger partial charge on any atom is 0.305 e. The van der Waals surface area contributed by atoms with Crippen molar-refractivity contribution in [2.45, 2.75) is 398 Å². The summed E-state index contributed by atoms with van der Waals surface area (Å²) in [6.07, 6.45) is 78.1. The van der Waals surface area contributed by atoms with Crippen LogP contribution in [-0.4, -0.2) is 47.4 Å². The Labute approximate surface area is 463 Å². The summed E-state index contributed by atoms with van der Waals surface area (Å²) in [5.41, 5.74) is 0. The van der Waals surface area contributed by atoms with Gasteiger partial charge >= 0.3 is 5.97 Å². The molecule has 0 radical (unpaired) electrons. The van der Waals surface area contributed by atoms with E-state index in [1.165, 1.54) is 308 Å². The first-order valence-electron chi connectivity index (χ1n) is 33.9. The van der Waals surface area contributed by atoms with Crippen molar-refractivity contribution < 1.29 is 24.5 Å². The molecule has 0 aliphatic carbocycles. The van der Waals surface area contributed by atoms with E-state index in [9.17, 15) is 19.8 Å². The molecule has 0 saturated heterocycles. The van der Waals surface area contributed by atoms with Crippen LogP contribution in [0.2, 0.25) is 0 Å². The van der Waals surface area contributed by atoms with E-state index in [4.69, 9.17) is 4.74 Å². The van der Waals surface area contributed by atoms with Crippen LogP contribution in [-0.2, 0) is 14.3 Å². The third-order valence-electron chi connectivity index (χ3n) is 16.1. The quantitative estimate of drug-likeness (QED) is 0.0320. The summed E-state index contributed by atoms with van der Waals surface area (Å²) in [6, 6.07) is -0.542. The fraction of sp³-hybridized carbons (Fsp3) is 0.941. The van der Waals surface area contributed by atoms with E-state index < -0.39 is 12.1 Å². The lowest BCUT2D eigenvalue weighted by atomic mass is 10.0. The van der Waals surface area contributed by atoms with Crippen molar-refractivity contribution in [1.82, 2.24) is 5.32 Å². The molecule has 74 heavy (non-hydrogen) atoms. The Kier molecular flexibility index (Phi) is 62.9. The molecular weight excluding hydrogens is 911 g/mol. The van der Waals surface area contributed by atoms with E-state index >= 15 is 0 Å². The zero-order valence-corrected chi connectivity index (χ0v) is 50.4. The summed E-state index contributed by atoms with van der Waals surface area (Å²) < 4.78 is 5.49. The molecule has 0 aliphatic heterocycles. The molecule has 0 fully saturated rings. The molecule has 0 bridgehead atoms. The third-order valence-corrected chi connectivity index (χ3v) is 16.1. The van der Waals surface area contributed by atoms with E-state index in [-0.39, 0.29) is 18.5 Å². The fourth-order valence-electron chi connectivity index (χ4n) is 10.9. The van der Waals surface area contributed by atoms with Gasteiger partial charge in [-0.15, -0.1) is 0 Å². The minimum atomic E-state index is -0.665. The van der Waals surface area contributed by atoms with Gasteiger partial charge in [-0.2, -0.15) is 0 Å². The van der Waals surface area contributed by atoms with Crippen molar-refractivity contribution in [2.24, 2.45) is 0 Å². The highest BCUT2D eigenvalue weighted by Gasteiger charge is 2.20. The second-order valence-corrected chi connectivity index (χ2v) is 23.5. The van der Waals surface area contributed by atoms with Crippen molar-refractivity contribution in [2.75, 3.05) is 13.2 Å². The van der Waals surface area contributed by atoms with Crippen molar-refractivity contribution in [3.63, 3.8) is 0 Å². The molecule has 0 aromatic heterocycles. The number of nitrogens with one attached hydrogen (secondary N) is 1. The van der Waals surface area contributed by atoms with Crippen molar-refractivity contribution >= 4 is 11.9 Å². The predicted molar refractivity (Wildman–Crippen MR) is 324 cm³/mol. The number of esters is 1. The third kappa shape index (κ3) is 59.8. The Hall–Kier alpha value is -1.40. The molecule has 2 unspecified atom stereocenters. The van der Waals surface area contributed by atoms with Crippen LogP contribution in [0.4, 0.5) is 0 Å². The lowest BCUT2D eigenvalue weighted by Gasteiger charge is -2.22. The summed E-state index contributed by atoms with van der Waals surface area (Å²) in [7, 11) is 0. The normalized spacial score (nSPS) is 12.5. The fourth-order valence-corrected chi connectivity index (χ4v) is 10.9. The van der Waals surface area contributed by atoms with Crippen molar-refractivity contribution in [3.8, 4) is 0 Å². The Morgan fingerprint density at radius 2 is 0.635 bits per heavy atom. The Balaban J connectivity index is 3.37. The van der Waals surface area contributed by atoms with Gasteiger partial charge in [-0.25, -0.2) is 0 Å². The van der Waals surface area contributed by atoms with E-state index in [0.29, 0.717) is 25.9 Å². The first kappa shape index (κ1) is 72.6. The molecule has 2 atom stereocenters. The number of aliphatic hydroxyl groups is 2. The second kappa shape index (κ2) is 64.1. The first-order valence-corrected chi connectivity index (χ1v) is 33.9. The summed E-state index contributed by atoms with van der Waals surface area (Å²) in [5, 5.41) is 23.4. The number of allylic oxidation sites excluding steroid dienone is 2. The van der Waals surface area contributed by atoms with Gasteiger partial charge in [-0.1, -0.05) is 334 Å². The first-order chi connectivity index (χ1) is 36.5. The number of hydrogen-bond acceptors (Lipinski definition) is 5. The highest BCUT2D eigenvalue weighted by Crippen LogP contribution is 2.19. The van der Waals surface area contributed by atoms with Crippen LogP contribution in [0.5, 0.6) is 0 Å². The summed E-state index contributed by atoms with van der Waals surface area (Å²) in [5.74, 6) is -0.0243. The Morgan fingerprint density at radius 1 is 0.365 bits per heavy atom. The number of carbonyl (C=O) groups excluding carboxylic acids is 2. The molecule has 3 N–H and O–H groups in total. The molecule has 6 heteroatoms. The van der Waals surface area contributed by atoms with Crippen molar-refractivity contribution in [1.29, 1.82) is 0 Å². The highest BCUT2D eigenvalue weighted by atomic mass is 16.5. The topological polar surface area (TPSA) is 95.9 Å². The monoisotopic (exact) mass is 1040 g/mol. The van der Waals surface area contributed by atoms with Crippen molar-refractivity contribution in [3.05, 3.63) is 12.2 Å². The van der Waals surface area contributed by atoms with Gasteiger partial charge in [0.05, 0.1) is 25.4 Å². The lowest BCUT2D eigenvalue weighted by Crippen LogP contribution is -2.45. The average molecular weight is 1040 g/mol. The standard InChI is InChI=1S/C68H133NO5/c1-3-5-7-9-11-13-15-17-19-20-21-26-29-33-36-40-44-48-52-56-60-66(71)65(64-70)69-67(72)61-57-53-49-45-41-37-34-30-27-24-22-23-25-28-31-35-39-43-47-51-55-59-63-74-68(73)62-58-54-50-46-42-38-32-18-16-14-12-10-8-6-4-2/h18,32,65-66,70-71H,3-17,19-31,33-64H2,1-2H3,(H,69,72)/b32-18-. The van der Waals surface area contributed by atoms with E-state index in [1.54, 1.807) is 0 Å². The lowest BCUT2D eigenvalue weighted by molar-refractivity contribution is -0.143. The minimum absolute atomic E-state index is 0.00647. The van der Waals surface area contributed by atoms with Gasteiger partial charge in [0.2, 0.25) is 5.91 Å². The maximum absolute atomic E-state index is 12.5. The van der Waals surface area contributed by atoms with Crippen LogP contribution in [0, 0.1) is 0 Å². The predicted octanol–water partition coefficient (Wildman–Crippen LogP) is 21.6. The largest absolute Gasteiger partial charge is 0.466 e. The van der Waals surface area contributed by atoms with Gasteiger partial charge in [-0.05, 0) is 51.4 Å². The van der Waals surface area contributed by atoms with Gasteiger partial charge in [0.15, 0.2) is 0 Å². The number of rotatable bonds is 64. The zero-order valence-electron chi connectivity index (χ0n) is 50.4. The molecule has 6 nitrogen and oxygen atoms in total. The van der Waals surface area contributed by atoms with Crippen LogP contribution < -0.4 is 5.32 Å². The van der Waals surface area contributed by atoms with Gasteiger partial charge in [-0.3, -0.25) is 9.59 Å². The SMILES string of the molecule is CCCCCCCC/C=C\CCCCCCCC(=O)OCCCCCCCCCCCCCCCCCCCCCCCCC(=O)NC(CO)C(O)CCCCCCCCCCCCCCCCCCCCCC. The summed E-state index contributed by atoms with van der Waals surface area (Å²) in [4.78, 5) is 24.6. The molecule has 1 amide bonds. The van der Waals surface area contributed by atoms with Gasteiger partial charge < -0.3 is 20.3 Å². The van der Waals surface area contributed by atoms with Crippen LogP contribution in [0.25, 0.3) is 0 Å². The molecule has 0 aromatic carbocycles. The van der Waals surface area contributed by atoms with E-state index in [0.717, 1.165) is 44.9 Å². The number of ether oxygens (including phenoxy) is 1. The van der Waals surface area contributed by atoms with E-state index in [1.807, 2.05) is 0 Å². The smallest absolute Gasteiger partial charge is 0.305 e. The number of unbranched alkanes of at least 4 members (excludes halogenated alkanes) is 51. The molecule has 0 heterocycles. The number of aliphatic hydroxyl groups excluding tert-OH is 2.